The van der Waals surface area contributed by atoms with Crippen LogP contribution in [0.25, 0.3) is 10.9 Å². The highest BCUT2D eigenvalue weighted by Gasteiger charge is 2.24. The lowest BCUT2D eigenvalue weighted by molar-refractivity contribution is -0.128. The third kappa shape index (κ3) is 6.35. The monoisotopic (exact) mass is 613 g/mol. The van der Waals surface area contributed by atoms with Crippen LogP contribution in [0, 0.1) is 0 Å². The summed E-state index contributed by atoms with van der Waals surface area (Å²) in [4.78, 5) is 48.6. The number of thioether (sulfide) groups is 1. The zero-order chi connectivity index (χ0) is 30.5. The van der Waals surface area contributed by atoms with Gasteiger partial charge in [0.25, 0.3) is 11.5 Å². The summed E-state index contributed by atoms with van der Waals surface area (Å²) < 4.78 is 17.8. The summed E-state index contributed by atoms with van der Waals surface area (Å²) in [6, 6.07) is 19.7. The standard InChI is InChI=1S/C32H31N5O6S/c1-41-28-9-3-2-8-27(28)35-12-14-36(15-13-35)29(38)21-44-32-34-26-18-22(30(39)33-19-23-6-4-16-42-23)10-11-25(26)31(40)37(32)20-24-7-5-17-43-24/h2-11,16-18H,12-15,19-21H2,1H3,(H,33,39). The molecule has 1 aliphatic heterocycles. The molecule has 0 saturated carbocycles. The Balaban J connectivity index is 1.19. The van der Waals surface area contributed by atoms with Gasteiger partial charge in [-0.2, -0.15) is 0 Å². The second-order valence-electron chi connectivity index (χ2n) is 10.2. The summed E-state index contributed by atoms with van der Waals surface area (Å²) in [6.07, 6.45) is 3.09. The van der Waals surface area contributed by atoms with Crippen LogP contribution in [0.1, 0.15) is 21.9 Å². The van der Waals surface area contributed by atoms with Crippen molar-refractivity contribution in [3.8, 4) is 5.75 Å². The number of fused-ring (bicyclic) bond motifs is 1. The molecule has 4 heterocycles. The maximum absolute atomic E-state index is 13.7. The van der Waals surface area contributed by atoms with Gasteiger partial charge >= 0.3 is 0 Å². The van der Waals surface area contributed by atoms with E-state index >= 15 is 0 Å². The number of piperazine rings is 1. The van der Waals surface area contributed by atoms with Crippen molar-refractivity contribution >= 4 is 40.2 Å². The van der Waals surface area contributed by atoms with Gasteiger partial charge in [-0.1, -0.05) is 23.9 Å². The summed E-state index contributed by atoms with van der Waals surface area (Å²) >= 11 is 1.20. The average Bonchev–Trinajstić information content (AvgIpc) is 3.79. The fourth-order valence-electron chi connectivity index (χ4n) is 5.14. The molecule has 0 radical (unpaired) electrons. The Morgan fingerprint density at radius 1 is 0.955 bits per heavy atom. The van der Waals surface area contributed by atoms with E-state index in [0.717, 1.165) is 11.4 Å². The summed E-state index contributed by atoms with van der Waals surface area (Å²) in [5.74, 6) is 1.76. The second-order valence-corrected chi connectivity index (χ2v) is 11.1. The molecule has 226 valence electrons. The van der Waals surface area contributed by atoms with Gasteiger partial charge in [-0.3, -0.25) is 19.0 Å². The number of carbonyl (C=O) groups excluding carboxylic acids is 2. The summed E-state index contributed by atoms with van der Waals surface area (Å²) in [6.45, 7) is 2.89. The number of carbonyl (C=O) groups is 2. The van der Waals surface area contributed by atoms with Crippen molar-refractivity contribution in [3.63, 3.8) is 0 Å². The normalized spacial score (nSPS) is 13.3. The van der Waals surface area contributed by atoms with Crippen LogP contribution in [0.15, 0.2) is 98.0 Å². The first-order valence-corrected chi connectivity index (χ1v) is 15.1. The molecule has 1 saturated heterocycles. The minimum absolute atomic E-state index is 0.0420. The predicted octanol–water partition coefficient (Wildman–Crippen LogP) is 4.01. The number of ether oxygens (including phenoxy) is 1. The van der Waals surface area contributed by atoms with Gasteiger partial charge in [0.1, 0.15) is 17.3 Å². The van der Waals surface area contributed by atoms with E-state index in [1.807, 2.05) is 29.2 Å². The number of methoxy groups -OCH3 is 1. The molecule has 3 aromatic heterocycles. The molecule has 5 aromatic rings. The van der Waals surface area contributed by atoms with Gasteiger partial charge in [0.2, 0.25) is 5.91 Å². The first-order chi connectivity index (χ1) is 21.5. The SMILES string of the molecule is COc1ccccc1N1CCN(C(=O)CSc2nc3cc(C(=O)NCc4ccco4)ccc3c(=O)n2Cc2ccco2)CC1. The zero-order valence-electron chi connectivity index (χ0n) is 24.1. The van der Waals surface area contributed by atoms with Crippen LogP contribution in [0.5, 0.6) is 5.75 Å². The summed E-state index contributed by atoms with van der Waals surface area (Å²) in [5, 5.41) is 3.54. The minimum Gasteiger partial charge on any atom is -0.495 e. The van der Waals surface area contributed by atoms with Crippen molar-refractivity contribution in [2.75, 3.05) is 43.9 Å². The van der Waals surface area contributed by atoms with E-state index in [4.69, 9.17) is 18.6 Å². The molecule has 1 fully saturated rings. The molecule has 2 amide bonds. The van der Waals surface area contributed by atoms with Crippen LogP contribution in [0.2, 0.25) is 0 Å². The number of nitrogens with zero attached hydrogens (tertiary/aromatic N) is 4. The van der Waals surface area contributed by atoms with E-state index in [-0.39, 0.29) is 36.2 Å². The Morgan fingerprint density at radius 2 is 1.70 bits per heavy atom. The average molecular weight is 614 g/mol. The molecule has 12 heteroatoms. The zero-order valence-corrected chi connectivity index (χ0v) is 24.9. The van der Waals surface area contributed by atoms with Gasteiger partial charge in [0.05, 0.1) is 55.1 Å². The molecular formula is C32H31N5O6S. The van der Waals surface area contributed by atoms with Crippen LogP contribution in [0.4, 0.5) is 5.69 Å². The molecule has 6 rings (SSSR count). The van der Waals surface area contributed by atoms with Crippen molar-refractivity contribution in [1.82, 2.24) is 19.8 Å². The molecule has 11 nitrogen and oxygen atoms in total. The van der Waals surface area contributed by atoms with E-state index in [2.05, 4.69) is 10.2 Å². The highest BCUT2D eigenvalue weighted by Crippen LogP contribution is 2.28. The quantitative estimate of drug-likeness (QED) is 0.184. The van der Waals surface area contributed by atoms with Gasteiger partial charge in [0.15, 0.2) is 5.16 Å². The minimum atomic E-state index is -0.318. The summed E-state index contributed by atoms with van der Waals surface area (Å²) in [5.41, 5.74) is 1.46. The lowest BCUT2D eigenvalue weighted by atomic mass is 10.1. The third-order valence-corrected chi connectivity index (χ3v) is 8.42. The number of benzene rings is 2. The number of anilines is 1. The van der Waals surface area contributed by atoms with Crippen molar-refractivity contribution in [1.29, 1.82) is 0 Å². The molecule has 0 atom stereocenters. The number of hydrogen-bond acceptors (Lipinski definition) is 9. The van der Waals surface area contributed by atoms with Crippen LogP contribution >= 0.6 is 11.8 Å². The number of amides is 2. The van der Waals surface area contributed by atoms with Gasteiger partial charge in [-0.15, -0.1) is 0 Å². The lowest BCUT2D eigenvalue weighted by Crippen LogP contribution is -2.49. The smallest absolute Gasteiger partial charge is 0.262 e. The number of rotatable bonds is 10. The number of furan rings is 2. The molecule has 1 N–H and O–H groups in total. The Hall–Kier alpha value is -4.97. The van der Waals surface area contributed by atoms with E-state index in [1.165, 1.54) is 16.3 Å². The Bertz CT molecular complexity index is 1810. The maximum atomic E-state index is 13.7. The number of hydrogen-bond donors (Lipinski definition) is 1. The van der Waals surface area contributed by atoms with E-state index in [0.29, 0.717) is 59.3 Å². The fraction of sp³-hybridized carbons (Fsp3) is 0.250. The van der Waals surface area contributed by atoms with Gasteiger partial charge < -0.3 is 28.7 Å². The lowest BCUT2D eigenvalue weighted by Gasteiger charge is -2.36. The molecule has 44 heavy (non-hydrogen) atoms. The molecular weight excluding hydrogens is 582 g/mol. The molecule has 2 aromatic carbocycles. The van der Waals surface area contributed by atoms with Crippen molar-refractivity contribution in [2.45, 2.75) is 18.2 Å². The summed E-state index contributed by atoms with van der Waals surface area (Å²) in [7, 11) is 1.65. The highest BCUT2D eigenvalue weighted by molar-refractivity contribution is 7.99. The molecule has 0 spiro atoms. The highest BCUT2D eigenvalue weighted by atomic mass is 32.2. The van der Waals surface area contributed by atoms with Gasteiger partial charge in [0, 0.05) is 31.7 Å². The molecule has 0 unspecified atom stereocenters. The fourth-order valence-corrected chi connectivity index (χ4v) is 6.04. The molecule has 0 bridgehead atoms. The Kier molecular flexibility index (Phi) is 8.69. The van der Waals surface area contributed by atoms with Crippen LogP contribution < -0.4 is 20.5 Å². The van der Waals surface area contributed by atoms with Crippen LogP contribution in [-0.4, -0.2) is 65.3 Å². The topological polar surface area (TPSA) is 123 Å². The first kappa shape index (κ1) is 29.1. The Morgan fingerprint density at radius 3 is 2.43 bits per heavy atom. The second kappa shape index (κ2) is 13.1. The number of para-hydroxylation sites is 2. The Labute approximate surface area is 257 Å². The predicted molar refractivity (Wildman–Crippen MR) is 166 cm³/mol. The molecule has 0 aliphatic carbocycles. The molecule has 1 aliphatic rings. The number of nitrogens with one attached hydrogen (secondary N) is 1. The largest absolute Gasteiger partial charge is 0.495 e. The van der Waals surface area contributed by atoms with Gasteiger partial charge in [-0.05, 0) is 54.6 Å². The van der Waals surface area contributed by atoms with Crippen molar-refractivity contribution in [3.05, 3.63) is 107 Å². The van der Waals surface area contributed by atoms with E-state index < -0.39 is 0 Å². The van der Waals surface area contributed by atoms with Crippen LogP contribution in [0.3, 0.4) is 0 Å². The maximum Gasteiger partial charge on any atom is 0.262 e. The first-order valence-electron chi connectivity index (χ1n) is 14.2. The van der Waals surface area contributed by atoms with Crippen molar-refractivity contribution in [2.24, 2.45) is 0 Å². The third-order valence-electron chi connectivity index (χ3n) is 7.46. The van der Waals surface area contributed by atoms with E-state index in [9.17, 15) is 14.4 Å². The van der Waals surface area contributed by atoms with E-state index in [1.54, 1.807) is 62.1 Å². The van der Waals surface area contributed by atoms with Gasteiger partial charge in [-0.25, -0.2) is 4.98 Å². The van der Waals surface area contributed by atoms with Crippen molar-refractivity contribution < 1.29 is 23.2 Å². The number of aromatic nitrogens is 2. The van der Waals surface area contributed by atoms with Crippen LogP contribution in [-0.2, 0) is 17.9 Å².